The number of hydrogen-bond acceptors (Lipinski definition) is 5. The summed E-state index contributed by atoms with van der Waals surface area (Å²) in [6.07, 6.45) is 2.83. The lowest BCUT2D eigenvalue weighted by atomic mass is 10.2. The van der Waals surface area contributed by atoms with Crippen molar-refractivity contribution in [2.24, 2.45) is 0 Å². The number of carbonyl (C=O) groups excluding carboxylic acids is 1. The number of ether oxygens (including phenoxy) is 2. The first kappa shape index (κ1) is 22.6. The van der Waals surface area contributed by atoms with Gasteiger partial charge >= 0.3 is 5.97 Å². The fourth-order valence-electron chi connectivity index (χ4n) is 1.90. The molecule has 7 nitrogen and oxygen atoms in total. The molecule has 140 valence electrons. The molecule has 0 radical (unpaired) electrons. The van der Waals surface area contributed by atoms with Crippen LogP contribution in [0.15, 0.2) is 36.5 Å². The van der Waals surface area contributed by atoms with Crippen LogP contribution in [0.4, 0.5) is 0 Å². The Bertz CT molecular complexity index is 629. The van der Waals surface area contributed by atoms with Crippen LogP contribution in [0.1, 0.15) is 20.3 Å². The summed E-state index contributed by atoms with van der Waals surface area (Å²) in [7, 11) is 2.98. The van der Waals surface area contributed by atoms with Crippen molar-refractivity contribution in [1.82, 2.24) is 4.57 Å². The van der Waals surface area contributed by atoms with Crippen LogP contribution in [0, 0.1) is 0 Å². The van der Waals surface area contributed by atoms with E-state index in [1.54, 1.807) is 7.11 Å². The smallest absolute Gasteiger partial charge is 0.302 e. The fraction of sp³-hybridized carbons (Fsp3) is 0.444. The molecule has 1 aromatic carbocycles. The topological polar surface area (TPSA) is 98.0 Å². The lowest BCUT2D eigenvalue weighted by molar-refractivity contribution is -0.138. The molecule has 0 aliphatic heterocycles. The number of methoxy groups -OCH3 is 2. The maximum atomic E-state index is 9.59. The number of nitrogens with zero attached hydrogens (tertiary/aromatic N) is 1. The molecule has 2 N–H and O–H groups in total. The number of hydrogen-bond donors (Lipinski definition) is 2. The van der Waals surface area contributed by atoms with Gasteiger partial charge in [-0.3, -0.25) is 9.59 Å². The number of para-hydroxylation sites is 1. The Morgan fingerprint density at radius 1 is 1.16 bits per heavy atom. The van der Waals surface area contributed by atoms with Crippen LogP contribution in [-0.4, -0.2) is 53.6 Å². The SMILES string of the molecule is CC(=O)O.COC(C)=O.COC(CO)CCn1ccc2ccccc21. The number of rotatable bonds is 5. The van der Waals surface area contributed by atoms with Crippen molar-refractivity contribution in [1.29, 1.82) is 0 Å². The number of carboxylic acids is 1. The molecular weight excluding hydrogens is 326 g/mol. The van der Waals surface area contributed by atoms with Gasteiger partial charge in [0.2, 0.25) is 0 Å². The summed E-state index contributed by atoms with van der Waals surface area (Å²) in [6.45, 7) is 3.39. The van der Waals surface area contributed by atoms with Gasteiger partial charge in [-0.2, -0.15) is 0 Å². The lowest BCUT2D eigenvalue weighted by Gasteiger charge is -2.13. The van der Waals surface area contributed by atoms with Gasteiger partial charge in [0.05, 0.1) is 19.8 Å². The van der Waals surface area contributed by atoms with E-state index < -0.39 is 5.97 Å². The number of fused-ring (bicyclic) bond motifs is 1. The zero-order valence-electron chi connectivity index (χ0n) is 15.1. The summed E-state index contributed by atoms with van der Waals surface area (Å²) in [6, 6.07) is 10.4. The third-order valence-electron chi connectivity index (χ3n) is 3.20. The van der Waals surface area contributed by atoms with Crippen LogP contribution in [0.25, 0.3) is 10.9 Å². The van der Waals surface area contributed by atoms with Gasteiger partial charge in [0.1, 0.15) is 0 Å². The second kappa shape index (κ2) is 13.0. The average Bonchev–Trinajstić information content (AvgIpc) is 2.99. The van der Waals surface area contributed by atoms with Gasteiger partial charge in [-0.25, -0.2) is 0 Å². The normalized spacial score (nSPS) is 10.8. The van der Waals surface area contributed by atoms with Crippen LogP contribution in [-0.2, 0) is 25.6 Å². The molecule has 0 fully saturated rings. The second-order valence-electron chi connectivity index (χ2n) is 5.11. The maximum absolute atomic E-state index is 9.59. The van der Waals surface area contributed by atoms with Crippen molar-refractivity contribution in [2.45, 2.75) is 32.9 Å². The molecule has 2 aromatic rings. The fourth-order valence-corrected chi connectivity index (χ4v) is 1.90. The van der Waals surface area contributed by atoms with Crippen molar-refractivity contribution in [3.8, 4) is 0 Å². The van der Waals surface area contributed by atoms with Crippen molar-refractivity contribution >= 4 is 22.8 Å². The molecule has 0 spiro atoms. The van der Waals surface area contributed by atoms with E-state index in [1.165, 1.54) is 24.9 Å². The molecule has 0 saturated carbocycles. The van der Waals surface area contributed by atoms with E-state index in [1.807, 2.05) is 12.1 Å². The third kappa shape index (κ3) is 10.2. The zero-order valence-corrected chi connectivity index (χ0v) is 15.1. The summed E-state index contributed by atoms with van der Waals surface area (Å²) in [5.41, 5.74) is 1.23. The number of esters is 1. The minimum absolute atomic E-state index is 0.0684. The van der Waals surface area contributed by atoms with Gasteiger partial charge in [-0.1, -0.05) is 18.2 Å². The van der Waals surface area contributed by atoms with Crippen molar-refractivity contribution < 1.29 is 29.3 Å². The number of aliphatic hydroxyl groups is 1. The molecular formula is C18H27NO6. The minimum atomic E-state index is -0.833. The van der Waals surface area contributed by atoms with E-state index in [-0.39, 0.29) is 18.7 Å². The highest BCUT2D eigenvalue weighted by molar-refractivity contribution is 5.79. The van der Waals surface area contributed by atoms with E-state index >= 15 is 0 Å². The number of aliphatic hydroxyl groups excluding tert-OH is 1. The molecule has 1 atom stereocenters. The first-order valence-electron chi connectivity index (χ1n) is 7.77. The maximum Gasteiger partial charge on any atom is 0.302 e. The van der Waals surface area contributed by atoms with Crippen LogP contribution in [0.2, 0.25) is 0 Å². The first-order valence-corrected chi connectivity index (χ1v) is 7.77. The Kier molecular flexibility index (Phi) is 11.7. The number of aliphatic carboxylic acids is 1. The third-order valence-corrected chi connectivity index (χ3v) is 3.20. The molecule has 0 aliphatic rings. The Labute approximate surface area is 147 Å². The van der Waals surface area contributed by atoms with E-state index in [0.717, 1.165) is 19.9 Å². The number of aryl methyl sites for hydroxylation is 1. The van der Waals surface area contributed by atoms with Gasteiger partial charge in [0.25, 0.3) is 5.97 Å². The molecule has 0 amide bonds. The van der Waals surface area contributed by atoms with Gasteiger partial charge in [0, 0.05) is 39.2 Å². The number of carbonyl (C=O) groups is 2. The Balaban J connectivity index is 0.000000536. The summed E-state index contributed by atoms with van der Waals surface area (Å²) < 4.78 is 11.4. The molecule has 0 bridgehead atoms. The predicted molar refractivity (Wildman–Crippen MR) is 95.4 cm³/mol. The first-order chi connectivity index (χ1) is 11.8. The molecule has 25 heavy (non-hydrogen) atoms. The molecule has 1 aromatic heterocycles. The van der Waals surface area contributed by atoms with Crippen LogP contribution >= 0.6 is 0 Å². The summed E-state index contributed by atoms with van der Waals surface area (Å²) in [5, 5.41) is 17.7. The highest BCUT2D eigenvalue weighted by atomic mass is 16.5. The van der Waals surface area contributed by atoms with Crippen LogP contribution in [0.3, 0.4) is 0 Å². The van der Waals surface area contributed by atoms with Crippen LogP contribution < -0.4 is 0 Å². The standard InChI is InChI=1S/C13H17NO2.C3H6O2.C2H4O2/c1-16-12(10-15)7-9-14-8-6-11-4-2-3-5-13(11)14;1-3(4)5-2;1-2(3)4/h2-6,8,12,15H,7,9-10H2,1H3;1-2H3;1H3,(H,3,4). The average molecular weight is 353 g/mol. The largest absolute Gasteiger partial charge is 0.481 e. The van der Waals surface area contributed by atoms with E-state index in [4.69, 9.17) is 19.7 Å². The van der Waals surface area contributed by atoms with Gasteiger partial charge in [-0.15, -0.1) is 0 Å². The Morgan fingerprint density at radius 3 is 2.20 bits per heavy atom. The summed E-state index contributed by atoms with van der Waals surface area (Å²) in [4.78, 5) is 18.6. The Morgan fingerprint density at radius 2 is 1.72 bits per heavy atom. The number of benzene rings is 1. The molecule has 7 heteroatoms. The predicted octanol–water partition coefficient (Wildman–Crippen LogP) is 2.31. The number of carboxylic acid groups (broad SMARTS) is 1. The van der Waals surface area contributed by atoms with E-state index in [0.29, 0.717) is 0 Å². The van der Waals surface area contributed by atoms with Crippen molar-refractivity contribution in [2.75, 3.05) is 20.8 Å². The molecule has 0 aliphatic carbocycles. The van der Waals surface area contributed by atoms with Crippen molar-refractivity contribution in [3.05, 3.63) is 36.5 Å². The highest BCUT2D eigenvalue weighted by Crippen LogP contribution is 2.15. The van der Waals surface area contributed by atoms with E-state index in [2.05, 4.69) is 33.7 Å². The molecule has 1 unspecified atom stereocenters. The molecule has 1 heterocycles. The monoisotopic (exact) mass is 353 g/mol. The van der Waals surface area contributed by atoms with E-state index in [9.17, 15) is 4.79 Å². The van der Waals surface area contributed by atoms with Gasteiger partial charge in [-0.05, 0) is 23.9 Å². The summed E-state index contributed by atoms with van der Waals surface area (Å²) in [5.74, 6) is -1.08. The van der Waals surface area contributed by atoms with Gasteiger partial charge < -0.3 is 24.3 Å². The lowest BCUT2D eigenvalue weighted by Crippen LogP contribution is -2.17. The second-order valence-corrected chi connectivity index (χ2v) is 5.11. The number of aromatic nitrogens is 1. The van der Waals surface area contributed by atoms with Crippen molar-refractivity contribution in [3.63, 3.8) is 0 Å². The Hall–Kier alpha value is -2.38. The van der Waals surface area contributed by atoms with Crippen LogP contribution in [0.5, 0.6) is 0 Å². The highest BCUT2D eigenvalue weighted by Gasteiger charge is 2.06. The molecule has 0 saturated heterocycles. The quantitative estimate of drug-likeness (QED) is 0.801. The molecule has 2 rings (SSSR count). The summed E-state index contributed by atoms with van der Waals surface area (Å²) >= 11 is 0. The van der Waals surface area contributed by atoms with Gasteiger partial charge in [0.15, 0.2) is 0 Å². The minimum Gasteiger partial charge on any atom is -0.481 e. The zero-order chi connectivity index (χ0) is 19.2.